The highest BCUT2D eigenvalue weighted by atomic mass is 35.5. The number of benzene rings is 1. The van der Waals surface area contributed by atoms with Gasteiger partial charge in [0.2, 0.25) is 0 Å². The Kier molecular flexibility index (Phi) is 6.20. The van der Waals surface area contributed by atoms with Crippen LogP contribution in [0.1, 0.15) is 38.7 Å². The monoisotopic (exact) mass is 328 g/mol. The molecule has 0 aliphatic heterocycles. The lowest BCUT2D eigenvalue weighted by atomic mass is 9.95. The van der Waals surface area contributed by atoms with Gasteiger partial charge in [-0.15, -0.1) is 0 Å². The van der Waals surface area contributed by atoms with Crippen LogP contribution in [0.4, 0.5) is 10.5 Å². The maximum absolute atomic E-state index is 11.8. The van der Waals surface area contributed by atoms with E-state index in [-0.39, 0.29) is 18.9 Å². The van der Waals surface area contributed by atoms with E-state index in [0.717, 1.165) is 0 Å². The van der Waals surface area contributed by atoms with Crippen molar-refractivity contribution in [2.75, 3.05) is 11.9 Å². The van der Waals surface area contributed by atoms with Crippen LogP contribution in [0, 0.1) is 0 Å². The van der Waals surface area contributed by atoms with Crippen molar-refractivity contribution in [1.29, 1.82) is 0 Å². The lowest BCUT2D eigenvalue weighted by molar-refractivity contribution is -0.137. The van der Waals surface area contributed by atoms with E-state index in [1.807, 2.05) is 0 Å². The van der Waals surface area contributed by atoms with Crippen LogP contribution in [0.3, 0.4) is 0 Å². The van der Waals surface area contributed by atoms with Crippen molar-refractivity contribution in [3.05, 3.63) is 28.8 Å². The van der Waals surface area contributed by atoms with E-state index < -0.39 is 17.7 Å². The molecule has 0 aromatic heterocycles. The summed E-state index contributed by atoms with van der Waals surface area (Å²) in [6.07, 6.45) is -0.724. The number of hydrogen-bond acceptors (Lipinski definition) is 4. The average molecular weight is 329 g/mol. The minimum Gasteiger partial charge on any atom is -0.481 e. The molecular weight excluding hydrogens is 308 g/mol. The Morgan fingerprint density at radius 2 is 2.05 bits per heavy atom. The highest BCUT2D eigenvalue weighted by Crippen LogP contribution is 2.28. The van der Waals surface area contributed by atoms with Gasteiger partial charge in [-0.1, -0.05) is 17.7 Å². The number of nitrogens with two attached hydrogens (primary N) is 1. The number of rotatable bonds is 5. The van der Waals surface area contributed by atoms with Gasteiger partial charge in [0.15, 0.2) is 0 Å². The Balaban J connectivity index is 2.94. The van der Waals surface area contributed by atoms with Crippen molar-refractivity contribution in [2.45, 2.75) is 38.7 Å². The fraction of sp³-hybridized carbons (Fsp3) is 0.467. The van der Waals surface area contributed by atoms with Crippen LogP contribution < -0.4 is 11.1 Å². The van der Waals surface area contributed by atoms with Crippen molar-refractivity contribution in [1.82, 2.24) is 0 Å². The molecule has 1 amide bonds. The first kappa shape index (κ1) is 18.3. The summed E-state index contributed by atoms with van der Waals surface area (Å²) in [5.41, 5.74) is 6.04. The van der Waals surface area contributed by atoms with Gasteiger partial charge in [0.25, 0.3) is 0 Å². The fourth-order valence-corrected chi connectivity index (χ4v) is 2.02. The molecular formula is C15H21ClN2O4. The Labute approximate surface area is 134 Å². The van der Waals surface area contributed by atoms with Crippen molar-refractivity contribution in [3.8, 4) is 0 Å². The second kappa shape index (κ2) is 7.47. The summed E-state index contributed by atoms with van der Waals surface area (Å²) in [6.45, 7) is 5.44. The molecule has 0 saturated heterocycles. The topological polar surface area (TPSA) is 102 Å². The van der Waals surface area contributed by atoms with E-state index in [9.17, 15) is 9.59 Å². The van der Waals surface area contributed by atoms with Crippen molar-refractivity contribution < 1.29 is 19.4 Å². The lowest BCUT2D eigenvalue weighted by Crippen LogP contribution is -2.27. The van der Waals surface area contributed by atoms with E-state index in [4.69, 9.17) is 27.2 Å². The minimum atomic E-state index is -0.938. The first-order chi connectivity index (χ1) is 10.1. The number of nitrogens with one attached hydrogen (secondary N) is 1. The zero-order valence-corrected chi connectivity index (χ0v) is 13.6. The molecule has 0 heterocycles. The predicted molar refractivity (Wildman–Crippen MR) is 85.4 cm³/mol. The van der Waals surface area contributed by atoms with Gasteiger partial charge in [0, 0.05) is 5.92 Å². The first-order valence-electron chi connectivity index (χ1n) is 6.83. The smallest absolute Gasteiger partial charge is 0.412 e. The van der Waals surface area contributed by atoms with Gasteiger partial charge >= 0.3 is 12.1 Å². The number of carbonyl (C=O) groups excluding carboxylic acids is 1. The van der Waals surface area contributed by atoms with Gasteiger partial charge in [-0.3, -0.25) is 10.1 Å². The van der Waals surface area contributed by atoms with Crippen molar-refractivity contribution in [3.63, 3.8) is 0 Å². The summed E-state index contributed by atoms with van der Waals surface area (Å²) in [6, 6.07) is 4.91. The number of aliphatic carboxylic acids is 1. The third kappa shape index (κ3) is 5.91. The SMILES string of the molecule is CC(C)(C)OC(=O)Nc1cc(C(CN)CC(=O)O)ccc1Cl. The molecule has 7 heteroatoms. The van der Waals surface area contributed by atoms with Crippen LogP contribution in [-0.4, -0.2) is 29.3 Å². The fourth-order valence-electron chi connectivity index (χ4n) is 1.85. The molecule has 0 aliphatic rings. The number of anilines is 1. The zero-order valence-electron chi connectivity index (χ0n) is 12.9. The summed E-state index contributed by atoms with van der Waals surface area (Å²) in [7, 11) is 0. The lowest BCUT2D eigenvalue weighted by Gasteiger charge is -2.20. The first-order valence-corrected chi connectivity index (χ1v) is 7.21. The normalized spacial score (nSPS) is 12.6. The van der Waals surface area contributed by atoms with Crippen LogP contribution in [0.25, 0.3) is 0 Å². The third-order valence-corrected chi connectivity index (χ3v) is 3.13. The van der Waals surface area contributed by atoms with Crippen molar-refractivity contribution in [2.24, 2.45) is 5.73 Å². The Morgan fingerprint density at radius 1 is 1.41 bits per heavy atom. The number of ether oxygens (including phenoxy) is 1. The highest BCUT2D eigenvalue weighted by Gasteiger charge is 2.19. The van der Waals surface area contributed by atoms with Crippen molar-refractivity contribution >= 4 is 29.4 Å². The molecule has 0 aliphatic carbocycles. The number of carbonyl (C=O) groups is 2. The van der Waals surface area contributed by atoms with Crippen LogP contribution in [0.15, 0.2) is 18.2 Å². The minimum absolute atomic E-state index is 0.0932. The molecule has 0 spiro atoms. The van der Waals surface area contributed by atoms with Crippen LogP contribution in [0.2, 0.25) is 5.02 Å². The molecule has 1 unspecified atom stereocenters. The van der Waals surface area contributed by atoms with E-state index >= 15 is 0 Å². The van der Waals surface area contributed by atoms with Gasteiger partial charge in [-0.2, -0.15) is 0 Å². The van der Waals surface area contributed by atoms with Gasteiger partial charge in [0.05, 0.1) is 17.1 Å². The number of carboxylic acids is 1. The van der Waals surface area contributed by atoms with E-state index in [1.54, 1.807) is 39.0 Å². The molecule has 0 radical (unpaired) electrons. The largest absolute Gasteiger partial charge is 0.481 e. The predicted octanol–water partition coefficient (Wildman–Crippen LogP) is 3.20. The Bertz CT molecular complexity index is 555. The number of halogens is 1. The Morgan fingerprint density at radius 3 is 2.55 bits per heavy atom. The molecule has 4 N–H and O–H groups in total. The van der Waals surface area contributed by atoms with Crippen LogP contribution >= 0.6 is 11.6 Å². The van der Waals surface area contributed by atoms with Crippen LogP contribution in [0.5, 0.6) is 0 Å². The molecule has 1 rings (SSSR count). The maximum atomic E-state index is 11.8. The van der Waals surface area contributed by atoms with Gasteiger partial charge in [0.1, 0.15) is 5.60 Å². The molecule has 0 fully saturated rings. The van der Waals surface area contributed by atoms with Gasteiger partial charge < -0.3 is 15.6 Å². The molecule has 122 valence electrons. The highest BCUT2D eigenvalue weighted by molar-refractivity contribution is 6.33. The summed E-state index contributed by atoms with van der Waals surface area (Å²) < 4.78 is 5.16. The molecule has 1 atom stereocenters. The maximum Gasteiger partial charge on any atom is 0.412 e. The quantitative estimate of drug-likeness (QED) is 0.770. The summed E-state index contributed by atoms with van der Waals surface area (Å²) in [5.74, 6) is -1.29. The van der Waals surface area contributed by atoms with E-state index in [2.05, 4.69) is 5.32 Å². The summed E-state index contributed by atoms with van der Waals surface area (Å²) >= 11 is 6.05. The van der Waals surface area contributed by atoms with Crippen LogP contribution in [-0.2, 0) is 9.53 Å². The summed E-state index contributed by atoms with van der Waals surface area (Å²) in [5, 5.41) is 11.8. The molecule has 0 bridgehead atoms. The standard InChI is InChI=1S/C15H21ClN2O4/c1-15(2,3)22-14(21)18-12-6-9(4-5-11(12)16)10(8-17)7-13(19)20/h4-6,10H,7-8,17H2,1-3H3,(H,18,21)(H,19,20). The second-order valence-corrected chi connectivity index (χ2v) is 6.30. The molecule has 1 aromatic carbocycles. The summed E-state index contributed by atoms with van der Waals surface area (Å²) in [4.78, 5) is 22.7. The zero-order chi connectivity index (χ0) is 16.9. The average Bonchev–Trinajstić information content (AvgIpc) is 2.36. The number of hydrogen-bond donors (Lipinski definition) is 3. The Hall–Kier alpha value is -1.79. The molecule has 6 nitrogen and oxygen atoms in total. The molecule has 0 saturated carbocycles. The van der Waals surface area contributed by atoms with Gasteiger partial charge in [-0.05, 0) is 45.0 Å². The van der Waals surface area contributed by atoms with Gasteiger partial charge in [-0.25, -0.2) is 4.79 Å². The van der Waals surface area contributed by atoms with E-state index in [0.29, 0.717) is 16.3 Å². The number of amides is 1. The molecule has 22 heavy (non-hydrogen) atoms. The molecule has 1 aromatic rings. The van der Waals surface area contributed by atoms with E-state index in [1.165, 1.54) is 0 Å². The number of carboxylic acid groups (broad SMARTS) is 1. The third-order valence-electron chi connectivity index (χ3n) is 2.80. The second-order valence-electron chi connectivity index (χ2n) is 5.90.